The van der Waals surface area contributed by atoms with Gasteiger partial charge in [-0.15, -0.1) is 0 Å². The molecule has 1 saturated heterocycles. The molecule has 1 aliphatic rings. The second-order valence-electron chi connectivity index (χ2n) is 5.23. The highest BCUT2D eigenvalue weighted by Crippen LogP contribution is 2.16. The molecule has 0 aromatic carbocycles. The van der Waals surface area contributed by atoms with E-state index in [0.29, 0.717) is 19.1 Å². The summed E-state index contributed by atoms with van der Waals surface area (Å²) in [4.78, 5) is 12.6. The molecule has 1 heterocycles. The van der Waals surface area contributed by atoms with Gasteiger partial charge in [0.1, 0.15) is 6.04 Å². The van der Waals surface area contributed by atoms with Crippen LogP contribution in [0, 0.1) is 0 Å². The molecule has 4 N–H and O–H groups in total. The van der Waals surface area contributed by atoms with E-state index in [-0.39, 0.29) is 13.0 Å². The number of carboxylic acid groups (broad SMARTS) is 1. The standard InChI is InChI=1S/C11H24N4O4S/c1-14(2)9-4-7-15(8-5-9)20(18,19)13-6-3-10(12)11(16)17/h9-10,13H,3-8,12H2,1-2H3,(H,16,17)/t10-/m0/s1. The SMILES string of the molecule is CN(C)C1CCN(S(=O)(=O)NCC[C@H](N)C(=O)O)CC1. The van der Waals surface area contributed by atoms with Crippen molar-refractivity contribution in [2.45, 2.75) is 31.3 Å². The topological polar surface area (TPSA) is 116 Å². The fourth-order valence-electron chi connectivity index (χ4n) is 2.16. The normalized spacial score (nSPS) is 20.2. The number of carboxylic acids is 1. The van der Waals surface area contributed by atoms with Crippen LogP contribution in [0.25, 0.3) is 0 Å². The third kappa shape index (κ3) is 4.98. The second kappa shape index (κ2) is 7.32. The molecule has 9 heteroatoms. The minimum atomic E-state index is -3.54. The number of hydrogen-bond acceptors (Lipinski definition) is 5. The number of piperidine rings is 1. The fourth-order valence-corrected chi connectivity index (χ4v) is 3.41. The van der Waals surface area contributed by atoms with Crippen molar-refractivity contribution in [3.05, 3.63) is 0 Å². The van der Waals surface area contributed by atoms with Gasteiger partial charge in [-0.2, -0.15) is 12.7 Å². The van der Waals surface area contributed by atoms with Crippen molar-refractivity contribution in [3.8, 4) is 0 Å². The Morgan fingerprint density at radius 3 is 2.45 bits per heavy atom. The molecular formula is C11H24N4O4S. The summed E-state index contributed by atoms with van der Waals surface area (Å²) in [5.74, 6) is -1.13. The lowest BCUT2D eigenvalue weighted by Gasteiger charge is -2.34. The Morgan fingerprint density at radius 2 is 2.00 bits per heavy atom. The van der Waals surface area contributed by atoms with Gasteiger partial charge in [-0.3, -0.25) is 4.79 Å². The number of nitrogens with zero attached hydrogens (tertiary/aromatic N) is 2. The van der Waals surface area contributed by atoms with Gasteiger partial charge in [-0.1, -0.05) is 0 Å². The van der Waals surface area contributed by atoms with Crippen LogP contribution >= 0.6 is 0 Å². The van der Waals surface area contributed by atoms with Gasteiger partial charge in [0, 0.05) is 25.7 Å². The first-order valence-electron chi connectivity index (χ1n) is 6.63. The van der Waals surface area contributed by atoms with Gasteiger partial charge < -0.3 is 15.7 Å². The maximum absolute atomic E-state index is 12.0. The first-order chi connectivity index (χ1) is 9.24. The van der Waals surface area contributed by atoms with E-state index in [4.69, 9.17) is 10.8 Å². The van der Waals surface area contributed by atoms with Crippen molar-refractivity contribution in [2.24, 2.45) is 5.73 Å². The predicted molar refractivity (Wildman–Crippen MR) is 75.4 cm³/mol. The van der Waals surface area contributed by atoms with E-state index in [1.807, 2.05) is 14.1 Å². The van der Waals surface area contributed by atoms with Crippen LogP contribution in [0.3, 0.4) is 0 Å². The number of rotatable bonds is 7. The van der Waals surface area contributed by atoms with E-state index in [9.17, 15) is 13.2 Å². The minimum Gasteiger partial charge on any atom is -0.480 e. The Bertz CT molecular complexity index is 418. The molecule has 0 unspecified atom stereocenters. The monoisotopic (exact) mass is 308 g/mol. The minimum absolute atomic E-state index is 0.0312. The quantitative estimate of drug-likeness (QED) is 0.535. The van der Waals surface area contributed by atoms with E-state index < -0.39 is 22.2 Å². The average Bonchev–Trinajstić information content (AvgIpc) is 2.38. The molecule has 0 saturated carbocycles. The zero-order valence-corrected chi connectivity index (χ0v) is 12.8. The molecule has 1 rings (SSSR count). The van der Waals surface area contributed by atoms with Gasteiger partial charge >= 0.3 is 5.97 Å². The highest BCUT2D eigenvalue weighted by molar-refractivity contribution is 7.87. The summed E-state index contributed by atoms with van der Waals surface area (Å²) in [6, 6.07) is -0.640. The van der Waals surface area contributed by atoms with Crippen LogP contribution in [-0.4, -0.2) is 74.5 Å². The Kier molecular flexibility index (Phi) is 6.34. The molecule has 0 bridgehead atoms. The summed E-state index contributed by atoms with van der Waals surface area (Å²) in [6.07, 6.45) is 1.66. The molecule has 118 valence electrons. The second-order valence-corrected chi connectivity index (χ2v) is 6.98. The predicted octanol–water partition coefficient (Wildman–Crippen LogP) is -1.35. The zero-order valence-electron chi connectivity index (χ0n) is 11.9. The molecule has 1 aliphatic heterocycles. The van der Waals surface area contributed by atoms with Crippen molar-refractivity contribution in [1.29, 1.82) is 0 Å². The molecule has 0 aliphatic carbocycles. The summed E-state index contributed by atoms with van der Waals surface area (Å²) in [6.45, 7) is 0.982. The third-order valence-corrected chi connectivity index (χ3v) is 5.16. The van der Waals surface area contributed by atoms with Gasteiger partial charge in [0.15, 0.2) is 0 Å². The summed E-state index contributed by atoms with van der Waals surface area (Å²) in [7, 11) is 0.435. The van der Waals surface area contributed by atoms with Crippen LogP contribution in [0.5, 0.6) is 0 Å². The van der Waals surface area contributed by atoms with E-state index in [1.54, 1.807) is 0 Å². The van der Waals surface area contributed by atoms with E-state index >= 15 is 0 Å². The molecule has 1 fully saturated rings. The van der Waals surface area contributed by atoms with Crippen molar-refractivity contribution in [2.75, 3.05) is 33.7 Å². The molecule has 0 aromatic heterocycles. The smallest absolute Gasteiger partial charge is 0.320 e. The average molecular weight is 308 g/mol. The van der Waals surface area contributed by atoms with Gasteiger partial charge in [0.2, 0.25) is 0 Å². The fraction of sp³-hybridized carbons (Fsp3) is 0.909. The summed E-state index contributed by atoms with van der Waals surface area (Å²) in [5, 5.41) is 8.62. The highest BCUT2D eigenvalue weighted by atomic mass is 32.2. The Labute approximate surface area is 120 Å². The van der Waals surface area contributed by atoms with E-state index in [1.165, 1.54) is 4.31 Å². The summed E-state index contributed by atoms with van der Waals surface area (Å²) < 4.78 is 27.9. The van der Waals surface area contributed by atoms with Crippen molar-refractivity contribution >= 4 is 16.2 Å². The number of nitrogens with one attached hydrogen (secondary N) is 1. The van der Waals surface area contributed by atoms with Gasteiger partial charge in [-0.25, -0.2) is 4.72 Å². The van der Waals surface area contributed by atoms with Crippen molar-refractivity contribution in [1.82, 2.24) is 13.9 Å². The van der Waals surface area contributed by atoms with Crippen LogP contribution in [0.1, 0.15) is 19.3 Å². The van der Waals surface area contributed by atoms with Crippen molar-refractivity contribution in [3.63, 3.8) is 0 Å². The first kappa shape index (κ1) is 17.3. The lowest BCUT2D eigenvalue weighted by molar-refractivity contribution is -0.138. The number of hydrogen-bond donors (Lipinski definition) is 3. The van der Waals surface area contributed by atoms with Crippen LogP contribution in [-0.2, 0) is 15.0 Å². The molecule has 8 nitrogen and oxygen atoms in total. The molecule has 20 heavy (non-hydrogen) atoms. The van der Waals surface area contributed by atoms with Gasteiger partial charge in [0.25, 0.3) is 10.2 Å². The number of nitrogens with two attached hydrogens (primary N) is 1. The Hall–Kier alpha value is -0.740. The molecular weight excluding hydrogens is 284 g/mol. The number of carbonyl (C=O) groups is 1. The van der Waals surface area contributed by atoms with Gasteiger partial charge in [-0.05, 0) is 33.4 Å². The zero-order chi connectivity index (χ0) is 15.3. The third-order valence-electron chi connectivity index (χ3n) is 3.55. The first-order valence-corrected chi connectivity index (χ1v) is 8.07. The van der Waals surface area contributed by atoms with Crippen LogP contribution < -0.4 is 10.5 Å². The van der Waals surface area contributed by atoms with Crippen LogP contribution in [0.15, 0.2) is 0 Å². The molecule has 0 spiro atoms. The maximum atomic E-state index is 12.0. The van der Waals surface area contributed by atoms with E-state index in [0.717, 1.165) is 12.8 Å². The van der Waals surface area contributed by atoms with Gasteiger partial charge in [0.05, 0.1) is 0 Å². The molecule has 0 radical (unpaired) electrons. The highest BCUT2D eigenvalue weighted by Gasteiger charge is 2.28. The van der Waals surface area contributed by atoms with Crippen molar-refractivity contribution < 1.29 is 18.3 Å². The lowest BCUT2D eigenvalue weighted by atomic mass is 10.1. The van der Waals surface area contributed by atoms with Crippen LogP contribution in [0.2, 0.25) is 0 Å². The lowest BCUT2D eigenvalue weighted by Crippen LogP contribution is -2.49. The largest absolute Gasteiger partial charge is 0.480 e. The number of aliphatic carboxylic acids is 1. The molecule has 0 amide bonds. The molecule has 0 aromatic rings. The molecule has 1 atom stereocenters. The summed E-state index contributed by atoms with van der Waals surface area (Å²) in [5.41, 5.74) is 5.32. The van der Waals surface area contributed by atoms with E-state index in [2.05, 4.69) is 9.62 Å². The Morgan fingerprint density at radius 1 is 1.45 bits per heavy atom. The Balaban J connectivity index is 2.40. The van der Waals surface area contributed by atoms with Crippen LogP contribution in [0.4, 0.5) is 0 Å². The summed E-state index contributed by atoms with van der Waals surface area (Å²) >= 11 is 0. The maximum Gasteiger partial charge on any atom is 0.320 e.